The molecule has 0 aliphatic carbocycles. The monoisotopic (exact) mass is 325 g/mol. The maximum absolute atomic E-state index is 12.1. The van der Waals surface area contributed by atoms with Crippen LogP contribution < -0.4 is 0 Å². The van der Waals surface area contributed by atoms with Gasteiger partial charge in [-0.3, -0.25) is 19.3 Å². The number of amides is 2. The molecule has 0 spiro atoms. The van der Waals surface area contributed by atoms with Gasteiger partial charge in [-0.2, -0.15) is 0 Å². The number of benzene rings is 1. The van der Waals surface area contributed by atoms with Gasteiger partial charge in [0.2, 0.25) is 0 Å². The molecule has 118 valence electrons. The maximum atomic E-state index is 12.1. The molecule has 1 heterocycles. The molecular weight excluding hydrogens is 309 g/mol. The van der Waals surface area contributed by atoms with Crippen molar-refractivity contribution in [3.8, 4) is 0 Å². The SMILES string of the molecule is COP(C)(=O)OC(=O)CCCN1C(=O)c2ccccc2C1=O. The Bertz CT molecular complexity index is 636. The average Bonchev–Trinajstić information content (AvgIpc) is 2.72. The molecule has 0 saturated heterocycles. The Labute approximate surface area is 127 Å². The molecule has 1 atom stereocenters. The second-order valence-electron chi connectivity index (χ2n) is 4.83. The lowest BCUT2D eigenvalue weighted by molar-refractivity contribution is -0.135. The summed E-state index contributed by atoms with van der Waals surface area (Å²) in [6, 6.07) is 6.56. The molecule has 22 heavy (non-hydrogen) atoms. The number of hydrogen-bond acceptors (Lipinski definition) is 6. The Morgan fingerprint density at radius 1 is 1.18 bits per heavy atom. The lowest BCUT2D eigenvalue weighted by Crippen LogP contribution is -2.31. The predicted molar refractivity (Wildman–Crippen MR) is 77.7 cm³/mol. The first-order chi connectivity index (χ1) is 10.4. The van der Waals surface area contributed by atoms with Crippen LogP contribution in [0.1, 0.15) is 33.6 Å². The van der Waals surface area contributed by atoms with Gasteiger partial charge in [-0.15, -0.1) is 0 Å². The number of nitrogens with zero attached hydrogens (tertiary/aromatic N) is 1. The predicted octanol–water partition coefficient (Wildman–Crippen LogP) is 2.08. The first kappa shape index (κ1) is 16.4. The van der Waals surface area contributed by atoms with E-state index in [1.54, 1.807) is 24.3 Å². The molecular formula is C14H16NO6P. The van der Waals surface area contributed by atoms with Crippen LogP contribution in [-0.4, -0.2) is 43.0 Å². The third-order valence-electron chi connectivity index (χ3n) is 3.24. The van der Waals surface area contributed by atoms with E-state index in [-0.39, 0.29) is 31.2 Å². The van der Waals surface area contributed by atoms with Gasteiger partial charge < -0.3 is 9.05 Å². The number of hydrogen-bond donors (Lipinski definition) is 0. The number of imide groups is 1. The van der Waals surface area contributed by atoms with Gasteiger partial charge in [-0.05, 0) is 18.6 Å². The van der Waals surface area contributed by atoms with Gasteiger partial charge in [0.1, 0.15) is 0 Å². The minimum atomic E-state index is -3.36. The Kier molecular flexibility index (Phi) is 4.78. The summed E-state index contributed by atoms with van der Waals surface area (Å²) >= 11 is 0. The van der Waals surface area contributed by atoms with Crippen LogP contribution in [0.2, 0.25) is 0 Å². The molecule has 8 heteroatoms. The lowest BCUT2D eigenvalue weighted by Gasteiger charge is -2.14. The van der Waals surface area contributed by atoms with Crippen molar-refractivity contribution in [2.45, 2.75) is 12.8 Å². The molecule has 1 unspecified atom stereocenters. The summed E-state index contributed by atoms with van der Waals surface area (Å²) in [5.74, 6) is -1.43. The van der Waals surface area contributed by atoms with Gasteiger partial charge in [0, 0.05) is 26.7 Å². The highest BCUT2D eigenvalue weighted by Gasteiger charge is 2.34. The molecule has 0 fully saturated rings. The Morgan fingerprint density at radius 3 is 2.23 bits per heavy atom. The van der Waals surface area contributed by atoms with Gasteiger partial charge in [-0.25, -0.2) is 4.57 Å². The Morgan fingerprint density at radius 2 is 1.73 bits per heavy atom. The molecule has 0 saturated carbocycles. The molecule has 7 nitrogen and oxygen atoms in total. The summed E-state index contributed by atoms with van der Waals surface area (Å²) < 4.78 is 20.7. The zero-order valence-corrected chi connectivity index (χ0v) is 13.2. The molecule has 1 aromatic carbocycles. The van der Waals surface area contributed by atoms with E-state index in [4.69, 9.17) is 0 Å². The highest BCUT2D eigenvalue weighted by Crippen LogP contribution is 2.43. The Hall–Kier alpha value is -1.98. The second-order valence-corrected chi connectivity index (χ2v) is 6.92. The van der Waals surface area contributed by atoms with Crippen LogP contribution in [0, 0.1) is 0 Å². The highest BCUT2D eigenvalue weighted by molar-refractivity contribution is 7.53. The summed E-state index contributed by atoms with van der Waals surface area (Å²) in [7, 11) is -2.18. The summed E-state index contributed by atoms with van der Waals surface area (Å²) in [5, 5.41) is 0. The topological polar surface area (TPSA) is 90.0 Å². The van der Waals surface area contributed by atoms with Crippen LogP contribution in [0.4, 0.5) is 0 Å². The van der Waals surface area contributed by atoms with Gasteiger partial charge in [0.15, 0.2) is 0 Å². The highest BCUT2D eigenvalue weighted by atomic mass is 31.2. The minimum Gasteiger partial charge on any atom is -0.392 e. The molecule has 1 aliphatic rings. The van der Waals surface area contributed by atoms with Crippen LogP contribution in [0.25, 0.3) is 0 Å². The van der Waals surface area contributed by atoms with E-state index in [2.05, 4.69) is 9.05 Å². The van der Waals surface area contributed by atoms with Crippen molar-refractivity contribution in [3.05, 3.63) is 35.4 Å². The number of carbonyl (C=O) groups is 3. The molecule has 2 rings (SSSR count). The van der Waals surface area contributed by atoms with Crippen molar-refractivity contribution in [1.82, 2.24) is 4.90 Å². The van der Waals surface area contributed by atoms with E-state index in [0.717, 1.165) is 4.90 Å². The quantitative estimate of drug-likeness (QED) is 0.587. The molecule has 0 radical (unpaired) electrons. The van der Waals surface area contributed by atoms with Gasteiger partial charge in [-0.1, -0.05) is 12.1 Å². The van der Waals surface area contributed by atoms with Crippen molar-refractivity contribution < 1.29 is 28.0 Å². The zero-order chi connectivity index (χ0) is 16.3. The third kappa shape index (κ3) is 3.43. The van der Waals surface area contributed by atoms with Crippen LogP contribution in [0.15, 0.2) is 24.3 Å². The average molecular weight is 325 g/mol. The fraction of sp³-hybridized carbons (Fsp3) is 0.357. The number of carbonyl (C=O) groups excluding carboxylic acids is 3. The largest absolute Gasteiger partial charge is 0.392 e. The number of rotatable bonds is 6. The normalized spacial score (nSPS) is 16.4. The van der Waals surface area contributed by atoms with Crippen LogP contribution in [-0.2, 0) is 18.4 Å². The molecule has 2 amide bonds. The zero-order valence-electron chi connectivity index (χ0n) is 12.3. The summed E-state index contributed by atoms with van der Waals surface area (Å²) in [5.41, 5.74) is 0.736. The summed E-state index contributed by atoms with van der Waals surface area (Å²) in [6.45, 7) is 1.29. The van der Waals surface area contributed by atoms with Gasteiger partial charge >= 0.3 is 13.6 Å². The van der Waals surface area contributed by atoms with E-state index in [1.807, 2.05) is 0 Å². The maximum Gasteiger partial charge on any atom is 0.378 e. The first-order valence-corrected chi connectivity index (χ1v) is 8.65. The van der Waals surface area contributed by atoms with Crippen molar-refractivity contribution >= 4 is 25.4 Å². The molecule has 1 aromatic rings. The summed E-state index contributed by atoms with van der Waals surface area (Å²) in [6.07, 6.45) is 0.169. The van der Waals surface area contributed by atoms with Crippen molar-refractivity contribution in [2.24, 2.45) is 0 Å². The molecule has 0 aromatic heterocycles. The lowest BCUT2D eigenvalue weighted by atomic mass is 10.1. The standard InChI is InChI=1S/C14H16NO6P/c1-20-22(2,19)21-12(16)8-5-9-15-13(17)10-6-3-4-7-11(10)14(15)18/h3-4,6-7H,5,8-9H2,1-2H3. The Balaban J connectivity index is 1.89. The number of fused-ring (bicyclic) bond motifs is 1. The minimum absolute atomic E-state index is 0.0609. The third-order valence-corrected chi connectivity index (χ3v) is 4.44. The van der Waals surface area contributed by atoms with E-state index >= 15 is 0 Å². The van der Waals surface area contributed by atoms with E-state index < -0.39 is 13.6 Å². The molecule has 1 aliphatic heterocycles. The first-order valence-electron chi connectivity index (χ1n) is 6.66. The molecule has 0 N–H and O–H groups in total. The van der Waals surface area contributed by atoms with E-state index in [1.165, 1.54) is 13.8 Å². The smallest absolute Gasteiger partial charge is 0.378 e. The van der Waals surface area contributed by atoms with Crippen molar-refractivity contribution in [2.75, 3.05) is 20.3 Å². The van der Waals surface area contributed by atoms with Gasteiger partial charge in [0.25, 0.3) is 11.8 Å². The van der Waals surface area contributed by atoms with E-state index in [0.29, 0.717) is 11.1 Å². The van der Waals surface area contributed by atoms with E-state index in [9.17, 15) is 18.9 Å². The fourth-order valence-corrected chi connectivity index (χ4v) is 2.63. The molecule has 0 bridgehead atoms. The van der Waals surface area contributed by atoms with Crippen LogP contribution in [0.5, 0.6) is 0 Å². The second kappa shape index (κ2) is 6.42. The van der Waals surface area contributed by atoms with Crippen molar-refractivity contribution in [1.29, 1.82) is 0 Å². The fourth-order valence-electron chi connectivity index (χ4n) is 2.09. The van der Waals surface area contributed by atoms with Gasteiger partial charge in [0.05, 0.1) is 11.1 Å². The van der Waals surface area contributed by atoms with Crippen LogP contribution in [0.3, 0.4) is 0 Å². The summed E-state index contributed by atoms with van der Waals surface area (Å²) in [4.78, 5) is 36.8. The van der Waals surface area contributed by atoms with Crippen LogP contribution >= 0.6 is 7.60 Å². The van der Waals surface area contributed by atoms with Crippen molar-refractivity contribution in [3.63, 3.8) is 0 Å².